The van der Waals surface area contributed by atoms with E-state index in [1.54, 1.807) is 31.4 Å². The van der Waals surface area contributed by atoms with Crippen LogP contribution in [0.2, 0.25) is 0 Å². The maximum atomic E-state index is 14.2. The maximum Gasteiger partial charge on any atom is 0.271 e. The van der Waals surface area contributed by atoms with E-state index < -0.39 is 30.4 Å². The van der Waals surface area contributed by atoms with Gasteiger partial charge in [-0.05, 0) is 17.7 Å². The molecule has 126 valence electrons. The highest BCUT2D eigenvalue weighted by atomic mass is 19.3. The highest BCUT2D eigenvalue weighted by Crippen LogP contribution is 2.50. The number of hydrogen-bond donors (Lipinski definition) is 0. The fourth-order valence-corrected chi connectivity index (χ4v) is 3.43. The molecule has 5 nitrogen and oxygen atoms in total. The Balaban J connectivity index is 1.79. The van der Waals surface area contributed by atoms with E-state index in [4.69, 9.17) is 14.2 Å². The van der Waals surface area contributed by atoms with Gasteiger partial charge in [-0.1, -0.05) is 12.1 Å². The number of piperidine rings is 1. The molecule has 23 heavy (non-hydrogen) atoms. The van der Waals surface area contributed by atoms with E-state index in [1.807, 2.05) is 0 Å². The van der Waals surface area contributed by atoms with Crippen LogP contribution in [-0.4, -0.2) is 49.9 Å². The largest absolute Gasteiger partial charge is 0.497 e. The molecular weight excluding hydrogens is 308 g/mol. The van der Waals surface area contributed by atoms with Crippen LogP contribution < -0.4 is 4.74 Å². The van der Waals surface area contributed by atoms with Crippen LogP contribution in [-0.2, 0) is 20.8 Å². The minimum atomic E-state index is -2.94. The molecular formula is C16H19F2NO4. The molecule has 0 aromatic heterocycles. The maximum absolute atomic E-state index is 14.2. The lowest BCUT2D eigenvalue weighted by Gasteiger charge is -2.33. The summed E-state index contributed by atoms with van der Waals surface area (Å²) < 4.78 is 43.7. The monoisotopic (exact) mass is 327 g/mol. The lowest BCUT2D eigenvalue weighted by molar-refractivity contribution is -0.151. The van der Waals surface area contributed by atoms with Gasteiger partial charge in [-0.25, -0.2) is 8.78 Å². The van der Waals surface area contributed by atoms with Gasteiger partial charge < -0.3 is 19.1 Å². The minimum absolute atomic E-state index is 0.0998. The Kier molecular flexibility index (Phi) is 4.25. The molecule has 1 aromatic rings. The van der Waals surface area contributed by atoms with Crippen molar-refractivity contribution in [1.29, 1.82) is 0 Å². The van der Waals surface area contributed by atoms with Crippen LogP contribution in [0, 0.1) is 5.92 Å². The first-order chi connectivity index (χ1) is 11.0. The van der Waals surface area contributed by atoms with Crippen molar-refractivity contribution in [2.75, 3.05) is 21.0 Å². The average molecular weight is 327 g/mol. The van der Waals surface area contributed by atoms with Gasteiger partial charge in [-0.2, -0.15) is 0 Å². The number of fused-ring (bicyclic) bond motifs is 2. The van der Waals surface area contributed by atoms with Gasteiger partial charge in [-0.3, -0.25) is 4.79 Å². The van der Waals surface area contributed by atoms with Gasteiger partial charge in [0, 0.05) is 20.1 Å². The summed E-state index contributed by atoms with van der Waals surface area (Å²) in [4.78, 5) is 13.6. The number of halogens is 2. The van der Waals surface area contributed by atoms with Crippen LogP contribution in [0.25, 0.3) is 0 Å². The van der Waals surface area contributed by atoms with Crippen molar-refractivity contribution in [2.24, 2.45) is 5.92 Å². The summed E-state index contributed by atoms with van der Waals surface area (Å²) in [5.41, 5.74) is 0.771. The number of ether oxygens (including phenoxy) is 3. The van der Waals surface area contributed by atoms with E-state index in [1.165, 1.54) is 12.0 Å². The molecule has 0 N–H and O–H groups in total. The van der Waals surface area contributed by atoms with Gasteiger partial charge in [-0.15, -0.1) is 0 Å². The highest BCUT2D eigenvalue weighted by molar-refractivity contribution is 5.84. The van der Waals surface area contributed by atoms with Gasteiger partial charge in [0.15, 0.2) is 0 Å². The number of carbonyl (C=O) groups excluding carboxylic acids is 1. The molecule has 2 aliphatic rings. The number of nitrogens with zero attached hydrogens (tertiary/aromatic N) is 1. The van der Waals surface area contributed by atoms with Crippen LogP contribution in [0.1, 0.15) is 12.0 Å². The Hall–Kier alpha value is -1.73. The highest BCUT2D eigenvalue weighted by Gasteiger charge is 2.67. The summed E-state index contributed by atoms with van der Waals surface area (Å²) >= 11 is 0. The van der Waals surface area contributed by atoms with E-state index in [0.717, 1.165) is 5.56 Å². The van der Waals surface area contributed by atoms with Crippen LogP contribution >= 0.6 is 0 Å². The Morgan fingerprint density at radius 3 is 2.57 bits per heavy atom. The quantitative estimate of drug-likeness (QED) is 0.751. The third-order valence-electron chi connectivity index (χ3n) is 4.46. The van der Waals surface area contributed by atoms with Crippen molar-refractivity contribution in [3.63, 3.8) is 0 Å². The van der Waals surface area contributed by atoms with E-state index in [2.05, 4.69) is 0 Å². The molecule has 1 aliphatic heterocycles. The Morgan fingerprint density at radius 2 is 1.96 bits per heavy atom. The first kappa shape index (κ1) is 16.1. The number of likely N-dealkylation sites (tertiary alicyclic amines) is 1. The van der Waals surface area contributed by atoms with Gasteiger partial charge >= 0.3 is 0 Å². The molecule has 1 amide bonds. The van der Waals surface area contributed by atoms with E-state index in [0.29, 0.717) is 5.75 Å². The third-order valence-corrected chi connectivity index (χ3v) is 4.46. The number of alkyl halides is 2. The molecule has 2 bridgehead atoms. The normalized spacial score (nSPS) is 28.4. The molecule has 1 saturated heterocycles. The zero-order valence-electron chi connectivity index (χ0n) is 13.0. The van der Waals surface area contributed by atoms with E-state index in [-0.39, 0.29) is 19.2 Å². The number of amides is 1. The molecule has 0 spiro atoms. The lowest BCUT2D eigenvalue weighted by atomic mass is 10.0. The molecule has 1 aliphatic carbocycles. The molecule has 1 aromatic carbocycles. The number of carbonyl (C=O) groups is 1. The molecule has 2 fully saturated rings. The van der Waals surface area contributed by atoms with Gasteiger partial charge in [0.2, 0.25) is 5.91 Å². The predicted octanol–water partition coefficient (Wildman–Crippen LogP) is 2.05. The van der Waals surface area contributed by atoms with Gasteiger partial charge in [0.25, 0.3) is 5.92 Å². The van der Waals surface area contributed by atoms with E-state index >= 15 is 0 Å². The number of hydrogen-bond acceptors (Lipinski definition) is 4. The molecule has 0 unspecified atom stereocenters. The predicted molar refractivity (Wildman–Crippen MR) is 77.1 cm³/mol. The average Bonchev–Trinajstić information content (AvgIpc) is 2.94. The summed E-state index contributed by atoms with van der Waals surface area (Å²) in [7, 11) is 2.97. The fourth-order valence-electron chi connectivity index (χ4n) is 3.43. The molecule has 3 rings (SSSR count). The van der Waals surface area contributed by atoms with Crippen molar-refractivity contribution in [2.45, 2.75) is 31.0 Å². The molecule has 7 heteroatoms. The zero-order valence-corrected chi connectivity index (χ0v) is 13.0. The molecule has 0 radical (unpaired) electrons. The van der Waals surface area contributed by atoms with Crippen LogP contribution in [0.3, 0.4) is 0 Å². The Bertz CT molecular complexity index is 578. The van der Waals surface area contributed by atoms with Crippen molar-refractivity contribution in [1.82, 2.24) is 4.90 Å². The summed E-state index contributed by atoms with van der Waals surface area (Å²) in [6.07, 6.45) is -1.28. The fraction of sp³-hybridized carbons (Fsp3) is 0.562. The first-order valence-electron chi connectivity index (χ1n) is 7.39. The van der Waals surface area contributed by atoms with Crippen molar-refractivity contribution >= 4 is 5.91 Å². The van der Waals surface area contributed by atoms with Gasteiger partial charge in [0.1, 0.15) is 18.6 Å². The molecule has 1 heterocycles. The SMILES string of the molecule is COCO[C@@H]1[C@@H]2CC(F)(F)[C@H]1N(Cc1ccc(OC)cc1)C2=O. The Labute approximate surface area is 133 Å². The lowest BCUT2D eigenvalue weighted by Crippen LogP contribution is -2.49. The second-order valence-electron chi connectivity index (χ2n) is 5.87. The smallest absolute Gasteiger partial charge is 0.271 e. The second kappa shape index (κ2) is 6.05. The summed E-state index contributed by atoms with van der Waals surface area (Å²) in [6.45, 7) is 0.0316. The van der Waals surface area contributed by atoms with Crippen LogP contribution in [0.4, 0.5) is 8.78 Å². The Morgan fingerprint density at radius 1 is 1.26 bits per heavy atom. The second-order valence-corrected chi connectivity index (χ2v) is 5.87. The zero-order chi connectivity index (χ0) is 16.6. The van der Waals surface area contributed by atoms with E-state index in [9.17, 15) is 13.6 Å². The topological polar surface area (TPSA) is 48.0 Å². The number of rotatable bonds is 6. The van der Waals surface area contributed by atoms with Crippen LogP contribution in [0.15, 0.2) is 24.3 Å². The van der Waals surface area contributed by atoms with Crippen LogP contribution in [0.5, 0.6) is 5.75 Å². The molecule has 1 saturated carbocycles. The summed E-state index contributed by atoms with van der Waals surface area (Å²) in [5, 5.41) is 0. The summed E-state index contributed by atoms with van der Waals surface area (Å²) in [5.74, 6) is -3.35. The molecule has 3 atom stereocenters. The van der Waals surface area contributed by atoms with Gasteiger partial charge in [0.05, 0.1) is 19.1 Å². The summed E-state index contributed by atoms with van der Waals surface area (Å²) in [6, 6.07) is 5.77. The van der Waals surface area contributed by atoms with Crippen molar-refractivity contribution in [3.8, 4) is 5.75 Å². The minimum Gasteiger partial charge on any atom is -0.497 e. The first-order valence-corrected chi connectivity index (χ1v) is 7.39. The number of benzene rings is 1. The van der Waals surface area contributed by atoms with Crippen molar-refractivity contribution < 1.29 is 27.8 Å². The van der Waals surface area contributed by atoms with Crippen molar-refractivity contribution in [3.05, 3.63) is 29.8 Å². The standard InChI is InChI=1S/C16H19F2NO4/c1-21-9-23-13-12-7-16(17,18)14(13)19(15(12)20)8-10-3-5-11(22-2)6-4-10/h3-6,12-14H,7-9H2,1-2H3/t12-,13+,14-/m0/s1. The number of methoxy groups -OCH3 is 2. The third kappa shape index (κ3) is 2.79.